The van der Waals surface area contributed by atoms with Crippen molar-refractivity contribution in [1.29, 1.82) is 0 Å². The Hall–Kier alpha value is -0.603. The second-order valence-electron chi connectivity index (χ2n) is 2.64. The zero-order chi connectivity index (χ0) is 8.27. The van der Waals surface area contributed by atoms with Gasteiger partial charge in [-0.3, -0.25) is 0 Å². The van der Waals surface area contributed by atoms with Crippen LogP contribution in [0.5, 0.6) is 0 Å². The SMILES string of the molecule is Cc1ccccc1[Si]C(C)O. The summed E-state index contributed by atoms with van der Waals surface area (Å²) in [4.78, 5) is 0. The van der Waals surface area contributed by atoms with E-state index < -0.39 is 0 Å². The Morgan fingerprint density at radius 3 is 2.55 bits per heavy atom. The molecule has 1 nitrogen and oxygen atoms in total. The van der Waals surface area contributed by atoms with Gasteiger partial charge in [-0.1, -0.05) is 35.0 Å². The van der Waals surface area contributed by atoms with E-state index in [4.69, 9.17) is 5.11 Å². The van der Waals surface area contributed by atoms with Gasteiger partial charge in [-0.05, 0) is 13.8 Å². The summed E-state index contributed by atoms with van der Waals surface area (Å²) in [5, 5.41) is 10.4. The van der Waals surface area contributed by atoms with Crippen LogP contribution in [0.1, 0.15) is 12.5 Å². The minimum absolute atomic E-state index is 0.212. The van der Waals surface area contributed by atoms with E-state index in [9.17, 15) is 0 Å². The topological polar surface area (TPSA) is 20.2 Å². The summed E-state index contributed by atoms with van der Waals surface area (Å²) in [5.74, 6) is 0. The summed E-state index contributed by atoms with van der Waals surface area (Å²) in [7, 11) is 0.515. The molecule has 0 aliphatic carbocycles. The summed E-state index contributed by atoms with van der Waals surface area (Å²) in [6.45, 7) is 3.90. The standard InChI is InChI=1S/C9H12OSi/c1-7-5-3-4-6-9(7)11-8(2)10/h3-6,8,10H,1-2H3. The molecular weight excluding hydrogens is 152 g/mol. The van der Waals surface area contributed by atoms with Crippen LogP contribution in [0.3, 0.4) is 0 Å². The van der Waals surface area contributed by atoms with E-state index in [1.54, 1.807) is 0 Å². The molecule has 11 heavy (non-hydrogen) atoms. The molecule has 0 saturated carbocycles. The minimum atomic E-state index is -0.212. The third kappa shape index (κ3) is 2.48. The lowest BCUT2D eigenvalue weighted by molar-refractivity contribution is 0.274. The highest BCUT2D eigenvalue weighted by Crippen LogP contribution is 1.92. The third-order valence-corrected chi connectivity index (χ3v) is 2.80. The monoisotopic (exact) mass is 164 g/mol. The maximum atomic E-state index is 9.14. The Kier molecular flexibility index (Phi) is 2.85. The van der Waals surface area contributed by atoms with Crippen molar-refractivity contribution >= 4 is 14.7 Å². The molecule has 1 aromatic rings. The fourth-order valence-corrected chi connectivity index (χ4v) is 1.91. The smallest absolute Gasteiger partial charge is 0.118 e. The zero-order valence-corrected chi connectivity index (χ0v) is 7.83. The molecule has 0 amide bonds. The van der Waals surface area contributed by atoms with Gasteiger partial charge in [0.25, 0.3) is 0 Å². The van der Waals surface area contributed by atoms with E-state index >= 15 is 0 Å². The lowest BCUT2D eigenvalue weighted by atomic mass is 10.2. The Morgan fingerprint density at radius 1 is 1.36 bits per heavy atom. The molecule has 1 unspecified atom stereocenters. The lowest BCUT2D eigenvalue weighted by Crippen LogP contribution is -2.27. The van der Waals surface area contributed by atoms with Crippen molar-refractivity contribution in [3.8, 4) is 0 Å². The van der Waals surface area contributed by atoms with Crippen molar-refractivity contribution in [2.24, 2.45) is 0 Å². The van der Waals surface area contributed by atoms with Crippen LogP contribution in [0.25, 0.3) is 0 Å². The Labute approximate surface area is 69.9 Å². The van der Waals surface area contributed by atoms with E-state index in [1.807, 2.05) is 19.1 Å². The predicted molar refractivity (Wildman–Crippen MR) is 48.2 cm³/mol. The zero-order valence-electron chi connectivity index (χ0n) is 6.83. The van der Waals surface area contributed by atoms with Gasteiger partial charge in [0.05, 0.1) is 0 Å². The van der Waals surface area contributed by atoms with Crippen LogP contribution in [-0.2, 0) is 0 Å². The molecule has 58 valence electrons. The number of aliphatic hydroxyl groups excluding tert-OH is 1. The van der Waals surface area contributed by atoms with E-state index in [-0.39, 0.29) is 5.73 Å². The second-order valence-corrected chi connectivity index (χ2v) is 4.30. The van der Waals surface area contributed by atoms with Gasteiger partial charge in [0, 0.05) is 5.73 Å². The number of benzene rings is 1. The first-order chi connectivity index (χ1) is 5.20. The maximum Gasteiger partial charge on any atom is 0.118 e. The van der Waals surface area contributed by atoms with E-state index in [2.05, 4.69) is 19.1 Å². The molecule has 0 saturated heterocycles. The Bertz CT molecular complexity index is 233. The summed E-state index contributed by atoms with van der Waals surface area (Å²) >= 11 is 0. The molecule has 1 atom stereocenters. The first-order valence-electron chi connectivity index (χ1n) is 3.70. The molecule has 0 aliphatic rings. The van der Waals surface area contributed by atoms with Gasteiger partial charge in [0.2, 0.25) is 0 Å². The molecule has 1 N–H and O–H groups in total. The average Bonchev–Trinajstić information content (AvgIpc) is 1.93. The molecule has 0 spiro atoms. The van der Waals surface area contributed by atoms with Gasteiger partial charge in [0.15, 0.2) is 0 Å². The molecule has 2 heteroatoms. The molecule has 0 heterocycles. The quantitative estimate of drug-likeness (QED) is 0.637. The van der Waals surface area contributed by atoms with Crippen LogP contribution in [0.2, 0.25) is 0 Å². The van der Waals surface area contributed by atoms with Crippen molar-refractivity contribution in [3.05, 3.63) is 29.8 Å². The van der Waals surface area contributed by atoms with Gasteiger partial charge < -0.3 is 5.11 Å². The van der Waals surface area contributed by atoms with Crippen LogP contribution >= 0.6 is 0 Å². The lowest BCUT2D eigenvalue weighted by Gasteiger charge is -2.05. The Balaban J connectivity index is 2.78. The summed E-state index contributed by atoms with van der Waals surface area (Å²) in [6, 6.07) is 8.17. The number of aryl methyl sites for hydroxylation is 1. The van der Waals surface area contributed by atoms with E-state index in [0.29, 0.717) is 9.52 Å². The highest BCUT2D eigenvalue weighted by molar-refractivity contribution is 6.55. The highest BCUT2D eigenvalue weighted by atomic mass is 28.2. The molecule has 2 radical (unpaired) electrons. The maximum absolute atomic E-state index is 9.14. The van der Waals surface area contributed by atoms with Crippen LogP contribution in [-0.4, -0.2) is 20.4 Å². The van der Waals surface area contributed by atoms with Crippen molar-refractivity contribution < 1.29 is 5.11 Å². The number of hydrogen-bond acceptors (Lipinski definition) is 1. The van der Waals surface area contributed by atoms with Crippen molar-refractivity contribution in [2.45, 2.75) is 19.6 Å². The van der Waals surface area contributed by atoms with Crippen molar-refractivity contribution in [3.63, 3.8) is 0 Å². The highest BCUT2D eigenvalue weighted by Gasteiger charge is 2.02. The van der Waals surface area contributed by atoms with Crippen molar-refractivity contribution in [1.82, 2.24) is 0 Å². The fraction of sp³-hybridized carbons (Fsp3) is 0.333. The summed E-state index contributed by atoms with van der Waals surface area (Å²) in [5.41, 5.74) is 1.06. The van der Waals surface area contributed by atoms with Gasteiger partial charge >= 0.3 is 0 Å². The average molecular weight is 164 g/mol. The molecule has 0 aromatic heterocycles. The fourth-order valence-electron chi connectivity index (χ4n) is 0.960. The van der Waals surface area contributed by atoms with Crippen LogP contribution in [0, 0.1) is 6.92 Å². The molecule has 1 rings (SSSR count). The van der Waals surface area contributed by atoms with Crippen LogP contribution in [0.4, 0.5) is 0 Å². The summed E-state index contributed by atoms with van der Waals surface area (Å²) in [6.07, 6.45) is 0. The second kappa shape index (κ2) is 3.69. The molecule has 0 aliphatic heterocycles. The van der Waals surface area contributed by atoms with Crippen LogP contribution in [0.15, 0.2) is 24.3 Å². The van der Waals surface area contributed by atoms with Crippen molar-refractivity contribution in [2.75, 3.05) is 0 Å². The van der Waals surface area contributed by atoms with Gasteiger partial charge in [0.1, 0.15) is 9.52 Å². The third-order valence-electron chi connectivity index (χ3n) is 1.51. The number of rotatable bonds is 2. The molecule has 1 aromatic carbocycles. The van der Waals surface area contributed by atoms with Gasteiger partial charge in [-0.15, -0.1) is 0 Å². The van der Waals surface area contributed by atoms with Crippen LogP contribution < -0.4 is 5.19 Å². The number of aliphatic hydroxyl groups is 1. The van der Waals surface area contributed by atoms with E-state index in [0.717, 1.165) is 0 Å². The number of hydrogen-bond donors (Lipinski definition) is 1. The first-order valence-corrected chi connectivity index (χ1v) is 4.78. The molecule has 0 bridgehead atoms. The predicted octanol–water partition coefficient (Wildman–Crippen LogP) is 0.663. The minimum Gasteiger partial charge on any atom is -0.397 e. The normalized spacial score (nSPS) is 13.0. The van der Waals surface area contributed by atoms with Gasteiger partial charge in [-0.2, -0.15) is 0 Å². The molecule has 0 fully saturated rings. The Morgan fingerprint density at radius 2 is 2.00 bits per heavy atom. The molecular formula is C9H12OSi. The van der Waals surface area contributed by atoms with Gasteiger partial charge in [-0.25, -0.2) is 0 Å². The largest absolute Gasteiger partial charge is 0.397 e. The summed E-state index contributed by atoms with van der Waals surface area (Å²) < 4.78 is 0. The van der Waals surface area contributed by atoms with E-state index in [1.165, 1.54) is 10.8 Å². The first kappa shape index (κ1) is 8.49.